The van der Waals surface area contributed by atoms with E-state index in [1.54, 1.807) is 13.1 Å². The van der Waals surface area contributed by atoms with Gasteiger partial charge in [-0.25, -0.2) is 4.98 Å². The monoisotopic (exact) mass is 450 g/mol. The van der Waals surface area contributed by atoms with Crippen LogP contribution >= 0.6 is 0 Å². The molecule has 2 aliphatic rings. The van der Waals surface area contributed by atoms with Gasteiger partial charge in [-0.15, -0.1) is 0 Å². The fourth-order valence-corrected chi connectivity index (χ4v) is 4.02. The van der Waals surface area contributed by atoms with E-state index in [1.165, 1.54) is 12.8 Å². The molecule has 2 fully saturated rings. The molecule has 1 heterocycles. The van der Waals surface area contributed by atoms with Crippen LogP contribution in [0.1, 0.15) is 56.2 Å². The van der Waals surface area contributed by atoms with Crippen LogP contribution in [0.3, 0.4) is 0 Å². The Hall–Kier alpha value is -2.89. The van der Waals surface area contributed by atoms with Gasteiger partial charge in [0.25, 0.3) is 0 Å². The zero-order valence-electron chi connectivity index (χ0n) is 19.9. The molecule has 0 aliphatic heterocycles. The van der Waals surface area contributed by atoms with Crippen LogP contribution in [-0.4, -0.2) is 41.5 Å². The van der Waals surface area contributed by atoms with Crippen LogP contribution in [0.15, 0.2) is 30.5 Å². The highest BCUT2D eigenvalue weighted by Crippen LogP contribution is 2.36. The molecule has 0 unspecified atom stereocenters. The highest BCUT2D eigenvalue weighted by atomic mass is 16.5. The predicted molar refractivity (Wildman–Crippen MR) is 127 cm³/mol. The molecule has 4 rings (SSSR count). The van der Waals surface area contributed by atoms with Crippen molar-refractivity contribution < 1.29 is 19.1 Å². The molecule has 1 amide bonds. The summed E-state index contributed by atoms with van der Waals surface area (Å²) in [5.74, 6) is 1.34. The molecule has 176 valence electrons. The molecular weight excluding hydrogens is 416 g/mol. The number of carbonyl (C=O) groups excluding carboxylic acids is 2. The summed E-state index contributed by atoms with van der Waals surface area (Å²) in [6.45, 7) is 8.12. The van der Waals surface area contributed by atoms with Crippen LogP contribution < -0.4 is 4.74 Å². The van der Waals surface area contributed by atoms with Gasteiger partial charge in [0.1, 0.15) is 0 Å². The molecule has 0 radical (unpaired) electrons. The van der Waals surface area contributed by atoms with E-state index in [0.717, 1.165) is 40.7 Å². The Morgan fingerprint density at radius 3 is 2.55 bits per heavy atom. The number of aryl methyl sites for hydroxylation is 1. The molecule has 0 saturated heterocycles. The first-order chi connectivity index (χ1) is 16.0. The molecule has 6 nitrogen and oxygen atoms in total. The maximum atomic E-state index is 12.8. The van der Waals surface area contributed by atoms with E-state index in [1.807, 2.05) is 17.9 Å². The maximum Gasteiger partial charge on any atom is 0.310 e. The fourth-order valence-electron chi connectivity index (χ4n) is 4.02. The van der Waals surface area contributed by atoms with Gasteiger partial charge in [-0.3, -0.25) is 9.59 Å². The smallest absolute Gasteiger partial charge is 0.310 e. The maximum absolute atomic E-state index is 12.8. The molecule has 0 N–H and O–H groups in total. The third-order valence-corrected chi connectivity index (χ3v) is 6.25. The topological polar surface area (TPSA) is 68.7 Å². The number of aromatic nitrogens is 1. The Morgan fingerprint density at radius 2 is 1.88 bits per heavy atom. The first kappa shape index (κ1) is 23.3. The Morgan fingerprint density at radius 1 is 1.09 bits per heavy atom. The summed E-state index contributed by atoms with van der Waals surface area (Å²) in [6.07, 6.45) is 6.25. The van der Waals surface area contributed by atoms with Gasteiger partial charge in [-0.1, -0.05) is 23.8 Å². The fraction of sp³-hybridized carbons (Fsp3) is 0.519. The summed E-state index contributed by atoms with van der Waals surface area (Å²) in [4.78, 5) is 31.4. The molecule has 33 heavy (non-hydrogen) atoms. The Balaban J connectivity index is 1.68. The molecule has 6 heteroatoms. The molecule has 0 atom stereocenters. The molecule has 2 aliphatic carbocycles. The van der Waals surface area contributed by atoms with Crippen LogP contribution in [0.25, 0.3) is 11.1 Å². The van der Waals surface area contributed by atoms with Crippen LogP contribution in [0.2, 0.25) is 0 Å². The normalized spacial score (nSPS) is 15.2. The molecule has 1 aromatic heterocycles. The van der Waals surface area contributed by atoms with Crippen LogP contribution in [0.5, 0.6) is 5.88 Å². The molecule has 0 spiro atoms. The second-order valence-electron chi connectivity index (χ2n) is 9.22. The van der Waals surface area contributed by atoms with Crippen molar-refractivity contribution in [3.05, 3.63) is 47.2 Å². The van der Waals surface area contributed by atoms with E-state index in [9.17, 15) is 9.59 Å². The number of hydrogen-bond acceptors (Lipinski definition) is 5. The number of ether oxygens (including phenoxy) is 2. The largest absolute Gasteiger partial charge is 0.477 e. The number of pyridine rings is 1. The minimum absolute atomic E-state index is 0.166. The first-order valence-corrected chi connectivity index (χ1v) is 12.1. The van der Waals surface area contributed by atoms with Crippen molar-refractivity contribution >= 4 is 11.9 Å². The lowest BCUT2D eigenvalue weighted by Crippen LogP contribution is -2.31. The highest BCUT2D eigenvalue weighted by Gasteiger charge is 2.33. The van der Waals surface area contributed by atoms with Crippen molar-refractivity contribution in [2.24, 2.45) is 11.8 Å². The standard InChI is InChI=1S/C27H34N2O4/c1-4-29(27(31)21-9-10-21)16-22-12-18(3)6-11-23(22)24-13-20(14-25(30)32-5-2)15-28-26(24)33-17-19-7-8-19/h6,11-13,15,19,21H,4-5,7-10,14,16-17H2,1-3H3. The number of carbonyl (C=O) groups is 2. The van der Waals surface area contributed by atoms with Crippen LogP contribution in [0, 0.1) is 18.8 Å². The summed E-state index contributed by atoms with van der Waals surface area (Å²) in [6, 6.07) is 8.27. The number of hydrogen-bond donors (Lipinski definition) is 0. The van der Waals surface area contributed by atoms with E-state index in [2.05, 4.69) is 30.1 Å². The predicted octanol–water partition coefficient (Wildman–Crippen LogP) is 4.71. The van der Waals surface area contributed by atoms with E-state index in [-0.39, 0.29) is 24.2 Å². The Labute approximate surface area is 196 Å². The second-order valence-corrected chi connectivity index (χ2v) is 9.22. The lowest BCUT2D eigenvalue weighted by atomic mass is 9.96. The summed E-state index contributed by atoms with van der Waals surface area (Å²) in [7, 11) is 0. The summed E-state index contributed by atoms with van der Waals surface area (Å²) < 4.78 is 11.3. The van der Waals surface area contributed by atoms with Gasteiger partial charge in [-0.05, 0) is 75.1 Å². The van der Waals surface area contributed by atoms with Crippen molar-refractivity contribution in [1.82, 2.24) is 9.88 Å². The van der Waals surface area contributed by atoms with Gasteiger partial charge in [0, 0.05) is 30.8 Å². The molecular formula is C27H34N2O4. The van der Waals surface area contributed by atoms with Crippen molar-refractivity contribution in [2.75, 3.05) is 19.8 Å². The molecule has 1 aromatic carbocycles. The number of benzene rings is 1. The van der Waals surface area contributed by atoms with E-state index in [4.69, 9.17) is 9.47 Å². The zero-order valence-corrected chi connectivity index (χ0v) is 19.9. The molecule has 2 aromatic rings. The van der Waals surface area contributed by atoms with E-state index < -0.39 is 0 Å². The van der Waals surface area contributed by atoms with Crippen LogP contribution in [0.4, 0.5) is 0 Å². The summed E-state index contributed by atoms with van der Waals surface area (Å²) >= 11 is 0. The van der Waals surface area contributed by atoms with Gasteiger partial charge in [0.2, 0.25) is 11.8 Å². The highest BCUT2D eigenvalue weighted by molar-refractivity contribution is 5.82. The van der Waals surface area contributed by atoms with Gasteiger partial charge in [-0.2, -0.15) is 0 Å². The van der Waals surface area contributed by atoms with Crippen molar-refractivity contribution in [3.63, 3.8) is 0 Å². The summed E-state index contributed by atoms with van der Waals surface area (Å²) in [5.41, 5.74) is 4.85. The number of rotatable bonds is 11. The van der Waals surface area contributed by atoms with Gasteiger partial charge in [0.05, 0.1) is 19.6 Å². The lowest BCUT2D eigenvalue weighted by molar-refractivity contribution is -0.142. The minimum Gasteiger partial charge on any atom is -0.477 e. The van der Waals surface area contributed by atoms with Crippen LogP contribution in [-0.2, 0) is 27.3 Å². The van der Waals surface area contributed by atoms with Crippen molar-refractivity contribution in [2.45, 2.75) is 59.4 Å². The average molecular weight is 451 g/mol. The number of nitrogens with zero attached hydrogens (tertiary/aromatic N) is 2. The quantitative estimate of drug-likeness (QED) is 0.464. The number of amides is 1. The lowest BCUT2D eigenvalue weighted by Gasteiger charge is -2.23. The van der Waals surface area contributed by atoms with Crippen molar-refractivity contribution in [3.8, 4) is 17.0 Å². The first-order valence-electron chi connectivity index (χ1n) is 12.1. The molecule has 0 bridgehead atoms. The van der Waals surface area contributed by atoms with E-state index in [0.29, 0.717) is 38.1 Å². The van der Waals surface area contributed by atoms with Gasteiger partial charge >= 0.3 is 5.97 Å². The zero-order chi connectivity index (χ0) is 23.4. The number of esters is 1. The third-order valence-electron chi connectivity index (χ3n) is 6.25. The van der Waals surface area contributed by atoms with E-state index >= 15 is 0 Å². The van der Waals surface area contributed by atoms with Gasteiger partial charge in [0.15, 0.2) is 0 Å². The third kappa shape index (κ3) is 6.12. The summed E-state index contributed by atoms with van der Waals surface area (Å²) in [5, 5.41) is 0. The molecule has 2 saturated carbocycles. The Kier molecular flexibility index (Phi) is 7.31. The SMILES string of the molecule is CCOC(=O)Cc1cnc(OCC2CC2)c(-c2ccc(C)cc2CN(CC)C(=O)C2CC2)c1. The average Bonchev–Trinajstić information content (AvgIpc) is 3.70. The minimum atomic E-state index is -0.270. The second kappa shape index (κ2) is 10.4. The van der Waals surface area contributed by atoms with Gasteiger partial charge < -0.3 is 14.4 Å². The van der Waals surface area contributed by atoms with Crippen molar-refractivity contribution in [1.29, 1.82) is 0 Å². The Bertz CT molecular complexity index is 1010.